The normalized spacial score (nSPS) is 14.3. The summed E-state index contributed by atoms with van der Waals surface area (Å²) in [5.74, 6) is -0.234. The molecule has 0 saturated carbocycles. The van der Waals surface area contributed by atoms with Gasteiger partial charge in [-0.2, -0.15) is 5.10 Å². The number of carbonyl (C=O) groups excluding carboxylic acids is 2. The van der Waals surface area contributed by atoms with Gasteiger partial charge in [0.2, 0.25) is 0 Å². The summed E-state index contributed by atoms with van der Waals surface area (Å²) in [4.78, 5) is 45.4. The molecule has 1 unspecified atom stereocenters. The number of para-hydroxylation sites is 1. The predicted molar refractivity (Wildman–Crippen MR) is 192 cm³/mol. The highest BCUT2D eigenvalue weighted by molar-refractivity contribution is 7.07. The molecule has 1 aliphatic heterocycles. The molecule has 3 heterocycles. The Morgan fingerprint density at radius 3 is 2.38 bits per heavy atom. The van der Waals surface area contributed by atoms with Crippen LogP contribution in [0, 0.1) is 5.92 Å². The minimum absolute atomic E-state index is 0.112. The van der Waals surface area contributed by atoms with Gasteiger partial charge in [-0.15, -0.1) is 0 Å². The summed E-state index contributed by atoms with van der Waals surface area (Å²) in [6, 6.07) is 23.1. The zero-order chi connectivity index (χ0) is 35.4. The van der Waals surface area contributed by atoms with Crippen LogP contribution in [-0.4, -0.2) is 46.6 Å². The second-order valence-corrected chi connectivity index (χ2v) is 13.0. The maximum Gasteiger partial charge on any atom is 0.338 e. The van der Waals surface area contributed by atoms with E-state index in [1.165, 1.54) is 23.0 Å². The molecule has 254 valence electrons. The van der Waals surface area contributed by atoms with Crippen molar-refractivity contribution in [3.05, 3.63) is 145 Å². The molecule has 11 heteroatoms. The van der Waals surface area contributed by atoms with Crippen molar-refractivity contribution in [2.45, 2.75) is 26.8 Å². The Hall–Kier alpha value is -5.81. The first-order chi connectivity index (χ1) is 24.2. The molecule has 0 bridgehead atoms. The highest BCUT2D eigenvalue weighted by Gasteiger charge is 2.33. The lowest BCUT2D eigenvalue weighted by Crippen LogP contribution is -2.40. The highest BCUT2D eigenvalue weighted by Crippen LogP contribution is 2.31. The number of hydrogen-bond acceptors (Lipinski definition) is 9. The Labute approximate surface area is 292 Å². The van der Waals surface area contributed by atoms with Gasteiger partial charge in [0.15, 0.2) is 4.80 Å². The number of nitrogens with zero attached hydrogens (tertiary/aromatic N) is 4. The number of allylic oxidation sites excluding steroid dienone is 1. The predicted octanol–water partition coefficient (Wildman–Crippen LogP) is 5.64. The van der Waals surface area contributed by atoms with Crippen LogP contribution in [0.4, 0.5) is 0 Å². The molecule has 2 aromatic heterocycles. The van der Waals surface area contributed by atoms with Crippen molar-refractivity contribution in [3.63, 3.8) is 0 Å². The van der Waals surface area contributed by atoms with Crippen molar-refractivity contribution in [1.29, 1.82) is 0 Å². The molecule has 1 atom stereocenters. The van der Waals surface area contributed by atoms with Gasteiger partial charge in [-0.05, 0) is 73.0 Å². The molecule has 0 amide bonds. The van der Waals surface area contributed by atoms with Crippen LogP contribution in [-0.2, 0) is 14.3 Å². The first-order valence-electron chi connectivity index (χ1n) is 16.1. The van der Waals surface area contributed by atoms with Crippen molar-refractivity contribution in [2.24, 2.45) is 10.9 Å². The Balaban J connectivity index is 1.50. The fourth-order valence-electron chi connectivity index (χ4n) is 5.57. The van der Waals surface area contributed by atoms with Gasteiger partial charge in [-0.1, -0.05) is 68.2 Å². The number of methoxy groups -OCH3 is 1. The van der Waals surface area contributed by atoms with Gasteiger partial charge in [0, 0.05) is 17.3 Å². The average Bonchev–Trinajstić information content (AvgIpc) is 3.69. The SMILES string of the molecule is C=CCOc1ccc(-c2nn(-c3ccccc3)cc2/C=c2\sc3n(c2=O)C(c2ccc(C(=O)OC)cc2)C(C(=O)OCC(C)C)=C(C)N=3)cc1. The van der Waals surface area contributed by atoms with Gasteiger partial charge >= 0.3 is 11.9 Å². The van der Waals surface area contributed by atoms with Crippen LogP contribution in [0.3, 0.4) is 0 Å². The van der Waals surface area contributed by atoms with Crippen LogP contribution in [0.1, 0.15) is 48.3 Å². The molecule has 50 heavy (non-hydrogen) atoms. The van der Waals surface area contributed by atoms with Gasteiger partial charge in [-0.3, -0.25) is 9.36 Å². The topological polar surface area (TPSA) is 114 Å². The van der Waals surface area contributed by atoms with E-state index in [1.807, 2.05) is 74.6 Å². The molecular formula is C39H36N4O6S. The first-order valence-corrected chi connectivity index (χ1v) is 16.9. The Morgan fingerprint density at radius 2 is 1.72 bits per heavy atom. The number of fused-ring (bicyclic) bond motifs is 1. The second kappa shape index (κ2) is 14.8. The number of aromatic nitrogens is 3. The van der Waals surface area contributed by atoms with Crippen molar-refractivity contribution in [2.75, 3.05) is 20.3 Å². The molecule has 1 aliphatic rings. The minimum atomic E-state index is -0.839. The van der Waals surface area contributed by atoms with E-state index in [-0.39, 0.29) is 23.7 Å². The number of thiazole rings is 1. The van der Waals surface area contributed by atoms with Crippen LogP contribution >= 0.6 is 11.3 Å². The van der Waals surface area contributed by atoms with E-state index in [1.54, 1.807) is 48.0 Å². The molecule has 0 fully saturated rings. The lowest BCUT2D eigenvalue weighted by atomic mass is 9.95. The molecule has 6 rings (SSSR count). The average molecular weight is 689 g/mol. The number of ether oxygens (including phenoxy) is 3. The summed E-state index contributed by atoms with van der Waals surface area (Å²) in [5, 5.41) is 4.92. The summed E-state index contributed by atoms with van der Waals surface area (Å²) in [7, 11) is 1.31. The van der Waals surface area contributed by atoms with E-state index in [9.17, 15) is 14.4 Å². The van der Waals surface area contributed by atoms with Crippen molar-refractivity contribution in [3.8, 4) is 22.7 Å². The highest BCUT2D eigenvalue weighted by atomic mass is 32.1. The number of carbonyl (C=O) groups is 2. The first kappa shape index (κ1) is 34.1. The zero-order valence-corrected chi connectivity index (χ0v) is 29.0. The van der Waals surface area contributed by atoms with E-state index in [4.69, 9.17) is 24.3 Å². The van der Waals surface area contributed by atoms with Crippen LogP contribution in [0.15, 0.2) is 119 Å². The van der Waals surface area contributed by atoms with Crippen molar-refractivity contribution >= 4 is 29.4 Å². The Kier molecular flexibility index (Phi) is 10.1. The number of esters is 2. The van der Waals surface area contributed by atoms with Crippen molar-refractivity contribution < 1.29 is 23.8 Å². The lowest BCUT2D eigenvalue weighted by Gasteiger charge is -2.25. The van der Waals surface area contributed by atoms with Gasteiger partial charge < -0.3 is 14.2 Å². The van der Waals surface area contributed by atoms with Crippen molar-refractivity contribution in [1.82, 2.24) is 14.3 Å². The van der Waals surface area contributed by atoms with E-state index in [2.05, 4.69) is 6.58 Å². The fraction of sp³-hybridized carbons (Fsp3) is 0.205. The van der Waals surface area contributed by atoms with Crippen LogP contribution in [0.25, 0.3) is 23.0 Å². The largest absolute Gasteiger partial charge is 0.490 e. The third-order valence-corrected chi connectivity index (χ3v) is 8.97. The summed E-state index contributed by atoms with van der Waals surface area (Å²) < 4.78 is 19.9. The lowest BCUT2D eigenvalue weighted by molar-refractivity contribution is -0.140. The number of rotatable bonds is 11. The molecule has 0 aliphatic carbocycles. The summed E-state index contributed by atoms with van der Waals surface area (Å²) >= 11 is 1.22. The van der Waals surface area contributed by atoms with Gasteiger partial charge in [-0.25, -0.2) is 19.3 Å². The maximum atomic E-state index is 14.4. The molecule has 3 aromatic carbocycles. The summed E-state index contributed by atoms with van der Waals surface area (Å²) in [6.45, 7) is 9.95. The maximum absolute atomic E-state index is 14.4. The van der Waals surface area contributed by atoms with E-state index in [0.29, 0.717) is 49.8 Å². The van der Waals surface area contributed by atoms with Crippen LogP contribution in [0.2, 0.25) is 0 Å². The smallest absolute Gasteiger partial charge is 0.338 e. The van der Waals surface area contributed by atoms with E-state index >= 15 is 0 Å². The summed E-state index contributed by atoms with van der Waals surface area (Å²) in [5.41, 5.74) is 4.41. The molecule has 5 aromatic rings. The zero-order valence-electron chi connectivity index (χ0n) is 28.2. The van der Waals surface area contributed by atoms with Gasteiger partial charge in [0.25, 0.3) is 5.56 Å². The molecule has 10 nitrogen and oxygen atoms in total. The quantitative estimate of drug-likeness (QED) is 0.130. The Bertz CT molecular complexity index is 2260. The van der Waals surface area contributed by atoms with Gasteiger partial charge in [0.1, 0.15) is 18.1 Å². The monoisotopic (exact) mass is 688 g/mol. The second-order valence-electron chi connectivity index (χ2n) is 12.0. The van der Waals surface area contributed by atoms with E-state index in [0.717, 1.165) is 11.3 Å². The van der Waals surface area contributed by atoms with E-state index < -0.39 is 18.0 Å². The molecule has 0 saturated heterocycles. The molecular weight excluding hydrogens is 653 g/mol. The minimum Gasteiger partial charge on any atom is -0.490 e. The molecule has 0 spiro atoms. The third-order valence-electron chi connectivity index (χ3n) is 7.98. The third kappa shape index (κ3) is 6.99. The number of benzene rings is 3. The van der Waals surface area contributed by atoms with Gasteiger partial charge in [0.05, 0.1) is 46.8 Å². The Morgan fingerprint density at radius 1 is 1.00 bits per heavy atom. The molecule has 0 N–H and O–H groups in total. The van der Waals surface area contributed by atoms with Crippen LogP contribution < -0.4 is 19.6 Å². The molecule has 0 radical (unpaired) electrons. The summed E-state index contributed by atoms with van der Waals surface area (Å²) in [6.07, 6.45) is 5.37. The standard InChI is InChI=1S/C39H36N4O6S/c1-6-20-48-31-18-16-26(17-19-31)34-29(22-42(41-34)30-10-8-7-9-11-30)21-32-36(44)43-35(27-12-14-28(15-13-27)37(45)47-5)33(25(4)40-39(43)50-32)38(46)49-23-24(2)3/h6-19,21-22,24,35H,1,20,23H2,2-5H3/b32-21-. The number of hydrogen-bond donors (Lipinski definition) is 0. The van der Waals surface area contributed by atoms with Crippen LogP contribution in [0.5, 0.6) is 5.75 Å². The fourth-order valence-corrected chi connectivity index (χ4v) is 6.61.